The zero-order valence-corrected chi connectivity index (χ0v) is 13.5. The van der Waals surface area contributed by atoms with Crippen LogP contribution in [0.15, 0.2) is 53.4 Å². The number of unbranched alkanes of at least 4 members (excludes halogenated alkanes) is 2. The van der Waals surface area contributed by atoms with Crippen LogP contribution in [0.25, 0.3) is 0 Å². The van der Waals surface area contributed by atoms with Crippen molar-refractivity contribution in [2.45, 2.75) is 37.5 Å². The Hall–Kier alpha value is -2.05. The van der Waals surface area contributed by atoms with Gasteiger partial charge in [-0.25, -0.2) is 0 Å². The molecule has 2 aromatic carbocycles. The number of aryl methyl sites for hydroxylation is 1. The van der Waals surface area contributed by atoms with E-state index in [2.05, 4.69) is 13.0 Å². The second-order valence-corrected chi connectivity index (χ2v) is 6.23. The highest BCUT2D eigenvalue weighted by atomic mass is 32.2. The molecule has 0 saturated heterocycles. The van der Waals surface area contributed by atoms with E-state index in [0.29, 0.717) is 11.1 Å². The monoisotopic (exact) mass is 309 g/mol. The lowest BCUT2D eigenvalue weighted by atomic mass is 10.1. The van der Waals surface area contributed by atoms with Crippen molar-refractivity contribution >= 4 is 16.9 Å². The van der Waals surface area contributed by atoms with E-state index in [1.54, 1.807) is 24.3 Å². The Labute approximate surface area is 136 Å². The molecule has 0 atom stereocenters. The maximum atomic E-state index is 12.2. The van der Waals surface area contributed by atoms with Gasteiger partial charge in [0.1, 0.15) is 0 Å². The van der Waals surface area contributed by atoms with Crippen LogP contribution in [0.1, 0.15) is 47.7 Å². The first-order valence-electron chi connectivity index (χ1n) is 7.54. The van der Waals surface area contributed by atoms with Crippen LogP contribution >= 0.6 is 11.8 Å². The van der Waals surface area contributed by atoms with Crippen molar-refractivity contribution in [3.05, 3.63) is 65.2 Å². The quantitative estimate of drug-likeness (QED) is 0.542. The van der Waals surface area contributed by atoms with Crippen molar-refractivity contribution in [3.63, 3.8) is 0 Å². The van der Waals surface area contributed by atoms with Crippen molar-refractivity contribution in [1.29, 1.82) is 5.26 Å². The molecule has 0 radical (unpaired) electrons. The Kier molecular flexibility index (Phi) is 6.24. The number of hydrogen-bond acceptors (Lipinski definition) is 3. The summed E-state index contributed by atoms with van der Waals surface area (Å²) in [6.07, 6.45) is 4.74. The van der Waals surface area contributed by atoms with Crippen molar-refractivity contribution in [2.75, 3.05) is 0 Å². The second kappa shape index (κ2) is 8.41. The number of benzene rings is 2. The number of hydrogen-bond donors (Lipinski definition) is 0. The van der Waals surface area contributed by atoms with Gasteiger partial charge in [0.05, 0.1) is 11.6 Å². The first-order valence-corrected chi connectivity index (χ1v) is 8.36. The Morgan fingerprint density at radius 1 is 1.05 bits per heavy atom. The molecule has 3 heteroatoms. The maximum Gasteiger partial charge on any atom is 0.224 e. The Balaban J connectivity index is 1.95. The number of rotatable bonds is 6. The Bertz CT molecular complexity index is 653. The molecule has 0 aliphatic rings. The molecule has 112 valence electrons. The fourth-order valence-corrected chi connectivity index (χ4v) is 2.89. The van der Waals surface area contributed by atoms with Crippen molar-refractivity contribution < 1.29 is 4.79 Å². The smallest absolute Gasteiger partial charge is 0.224 e. The standard InChI is InChI=1S/C19H19NOS/c1-2-3-4-5-15-6-10-17(11-7-15)19(21)22-18-12-8-16(14-20)9-13-18/h6-13H,2-5H2,1H3. The van der Waals surface area contributed by atoms with E-state index in [1.165, 1.54) is 36.6 Å². The third kappa shape index (κ3) is 4.75. The molecule has 0 spiro atoms. The Morgan fingerprint density at radius 3 is 2.32 bits per heavy atom. The van der Waals surface area contributed by atoms with Gasteiger partial charge in [-0.1, -0.05) is 44.0 Å². The summed E-state index contributed by atoms with van der Waals surface area (Å²) in [7, 11) is 0. The summed E-state index contributed by atoms with van der Waals surface area (Å²) in [4.78, 5) is 13.1. The van der Waals surface area contributed by atoms with Crippen LogP contribution in [0.5, 0.6) is 0 Å². The molecule has 0 heterocycles. The summed E-state index contributed by atoms with van der Waals surface area (Å²) in [5.41, 5.74) is 2.61. The van der Waals surface area contributed by atoms with E-state index in [0.717, 1.165) is 11.3 Å². The van der Waals surface area contributed by atoms with E-state index < -0.39 is 0 Å². The van der Waals surface area contributed by atoms with E-state index in [9.17, 15) is 4.79 Å². The molecule has 0 aliphatic carbocycles. The number of thioether (sulfide) groups is 1. The molecule has 2 aromatic rings. The van der Waals surface area contributed by atoms with E-state index in [1.807, 2.05) is 24.3 Å². The van der Waals surface area contributed by atoms with Gasteiger partial charge >= 0.3 is 0 Å². The largest absolute Gasteiger partial charge is 0.281 e. The SMILES string of the molecule is CCCCCc1ccc(C(=O)Sc2ccc(C#N)cc2)cc1. The van der Waals surface area contributed by atoms with Crippen LogP contribution in [0.3, 0.4) is 0 Å². The van der Waals surface area contributed by atoms with Gasteiger partial charge < -0.3 is 0 Å². The van der Waals surface area contributed by atoms with Crippen LogP contribution in [0, 0.1) is 11.3 Å². The molecule has 2 rings (SSSR count). The minimum atomic E-state index is 0.0322. The summed E-state index contributed by atoms with van der Waals surface area (Å²) < 4.78 is 0. The average molecular weight is 309 g/mol. The van der Waals surface area contributed by atoms with Crippen LogP contribution in [0.4, 0.5) is 0 Å². The molecule has 0 aromatic heterocycles. The summed E-state index contributed by atoms with van der Waals surface area (Å²) in [6, 6.07) is 17.0. The molecule has 0 unspecified atom stereocenters. The average Bonchev–Trinajstić information content (AvgIpc) is 2.56. The predicted molar refractivity (Wildman–Crippen MR) is 91.0 cm³/mol. The number of carbonyl (C=O) groups excluding carboxylic acids is 1. The lowest BCUT2D eigenvalue weighted by Gasteiger charge is -2.04. The highest BCUT2D eigenvalue weighted by Crippen LogP contribution is 2.23. The van der Waals surface area contributed by atoms with Crippen molar-refractivity contribution in [1.82, 2.24) is 0 Å². The van der Waals surface area contributed by atoms with Crippen LogP contribution < -0.4 is 0 Å². The first-order chi connectivity index (χ1) is 10.7. The van der Waals surface area contributed by atoms with Gasteiger partial charge in [-0.2, -0.15) is 5.26 Å². The van der Waals surface area contributed by atoms with Gasteiger partial charge in [0.2, 0.25) is 5.12 Å². The molecule has 22 heavy (non-hydrogen) atoms. The van der Waals surface area contributed by atoms with Gasteiger partial charge in [-0.3, -0.25) is 4.79 Å². The molecular weight excluding hydrogens is 290 g/mol. The third-order valence-electron chi connectivity index (χ3n) is 3.45. The molecule has 0 amide bonds. The van der Waals surface area contributed by atoms with Crippen molar-refractivity contribution in [3.8, 4) is 6.07 Å². The third-order valence-corrected chi connectivity index (χ3v) is 4.38. The number of carbonyl (C=O) groups is 1. The van der Waals surface area contributed by atoms with Gasteiger partial charge in [0.25, 0.3) is 0 Å². The normalized spacial score (nSPS) is 10.2. The van der Waals surface area contributed by atoms with E-state index in [4.69, 9.17) is 5.26 Å². The van der Waals surface area contributed by atoms with Crippen LogP contribution in [-0.2, 0) is 6.42 Å². The van der Waals surface area contributed by atoms with Crippen LogP contribution in [0.2, 0.25) is 0 Å². The highest BCUT2D eigenvalue weighted by Gasteiger charge is 2.08. The second-order valence-electron chi connectivity index (χ2n) is 5.18. The summed E-state index contributed by atoms with van der Waals surface area (Å²) in [6.45, 7) is 2.20. The van der Waals surface area contributed by atoms with Gasteiger partial charge in [0.15, 0.2) is 0 Å². The van der Waals surface area contributed by atoms with Gasteiger partial charge in [0, 0.05) is 10.5 Å². The molecule has 0 N–H and O–H groups in total. The topological polar surface area (TPSA) is 40.9 Å². The van der Waals surface area contributed by atoms with E-state index >= 15 is 0 Å². The number of nitrogens with zero attached hydrogens (tertiary/aromatic N) is 1. The highest BCUT2D eigenvalue weighted by molar-refractivity contribution is 8.14. The minimum absolute atomic E-state index is 0.0322. The molecule has 0 fully saturated rings. The molecule has 0 aliphatic heterocycles. The molecule has 0 saturated carbocycles. The number of nitriles is 1. The molecule has 2 nitrogen and oxygen atoms in total. The zero-order chi connectivity index (χ0) is 15.8. The summed E-state index contributed by atoms with van der Waals surface area (Å²) >= 11 is 1.19. The lowest BCUT2D eigenvalue weighted by molar-refractivity contribution is 0.108. The van der Waals surface area contributed by atoms with E-state index in [-0.39, 0.29) is 5.12 Å². The fourth-order valence-electron chi connectivity index (χ4n) is 2.15. The molecular formula is C19H19NOS. The molecule has 0 bridgehead atoms. The fraction of sp³-hybridized carbons (Fsp3) is 0.263. The maximum absolute atomic E-state index is 12.2. The summed E-state index contributed by atoms with van der Waals surface area (Å²) in [5, 5.41) is 8.80. The van der Waals surface area contributed by atoms with Gasteiger partial charge in [-0.05, 0) is 54.4 Å². The summed E-state index contributed by atoms with van der Waals surface area (Å²) in [5.74, 6) is 0. The lowest BCUT2D eigenvalue weighted by Crippen LogP contribution is -1.94. The minimum Gasteiger partial charge on any atom is -0.281 e. The van der Waals surface area contributed by atoms with Crippen molar-refractivity contribution in [2.24, 2.45) is 0 Å². The predicted octanol–water partition coefficient (Wildman–Crippen LogP) is 5.22. The Morgan fingerprint density at radius 2 is 1.73 bits per heavy atom. The van der Waals surface area contributed by atoms with Gasteiger partial charge in [-0.15, -0.1) is 0 Å². The zero-order valence-electron chi connectivity index (χ0n) is 12.7. The van der Waals surface area contributed by atoms with Crippen LogP contribution in [-0.4, -0.2) is 5.12 Å². The first kappa shape index (κ1) is 16.3.